The van der Waals surface area contributed by atoms with Crippen molar-refractivity contribution in [1.29, 1.82) is 0 Å². The average Bonchev–Trinajstić information content (AvgIpc) is 1.19. The minimum absolute atomic E-state index is 0. The predicted molar refractivity (Wildman–Crippen MR) is 14.7 cm³/mol. The summed E-state index contributed by atoms with van der Waals surface area (Å²) in [6.45, 7) is 1.08. The van der Waals surface area contributed by atoms with Gasteiger partial charge in [0.2, 0.25) is 0 Å². The summed E-state index contributed by atoms with van der Waals surface area (Å²) in [5.74, 6) is -0.833. The van der Waals surface area contributed by atoms with E-state index in [9.17, 15) is 0 Å². The quantitative estimate of drug-likeness (QED) is 0.406. The summed E-state index contributed by atoms with van der Waals surface area (Å²) in [4.78, 5) is 9.00. The van der Waals surface area contributed by atoms with E-state index >= 15 is 0 Å². The zero-order chi connectivity index (χ0) is 8.08. The van der Waals surface area contributed by atoms with Crippen LogP contribution in [0.4, 0.5) is 0 Å². The zero-order valence-electron chi connectivity index (χ0n) is 6.40. The molecule has 0 unspecified atom stereocenters. The Morgan fingerprint density at radius 1 is 1.27 bits per heavy atom. The van der Waals surface area contributed by atoms with Gasteiger partial charge in [0.15, 0.2) is 0 Å². The molecule has 0 saturated carbocycles. The third kappa shape index (κ3) is 451. The van der Waals surface area contributed by atoms with Crippen LogP contribution in [0.15, 0.2) is 0 Å². The molecular weight excluding hydrogens is 218 g/mol. The van der Waals surface area contributed by atoms with E-state index in [1.807, 2.05) is 0 Å². The van der Waals surface area contributed by atoms with Gasteiger partial charge < -0.3 is 5.11 Å². The molecule has 0 aromatic heterocycles. The van der Waals surface area contributed by atoms with Crippen molar-refractivity contribution in [2.75, 3.05) is 0 Å². The van der Waals surface area contributed by atoms with E-state index < -0.39 is 19.6 Å². The molecule has 0 fully saturated rings. The molecule has 0 radical (unpaired) electrons. The number of rotatable bonds is 0. The van der Waals surface area contributed by atoms with Crippen molar-refractivity contribution in [2.24, 2.45) is 0 Å². The van der Waals surface area contributed by atoms with Crippen molar-refractivity contribution >= 4 is 5.97 Å². The van der Waals surface area contributed by atoms with Gasteiger partial charge in [-0.25, -0.2) is 0 Å². The van der Waals surface area contributed by atoms with Gasteiger partial charge in [-0.3, -0.25) is 4.79 Å². The minimum atomic E-state index is -5.75. The number of carboxylic acids is 1. The van der Waals surface area contributed by atoms with Crippen LogP contribution in [0.5, 0.6) is 0 Å². The van der Waals surface area contributed by atoms with Crippen molar-refractivity contribution in [3.8, 4) is 0 Å². The molecule has 0 heterocycles. The molecule has 0 aromatic rings. The normalized spacial score (nSPS) is 7.55. The Balaban J connectivity index is -0.0000000383. The molecule has 0 atom stereocenters. The Hall–Kier alpha value is 1.52. The van der Waals surface area contributed by atoms with Crippen LogP contribution in [0.3, 0.4) is 0 Å². The standard InChI is InChI=1S/C2H4O2.Cr.2Na.4O/c1-2(3)4;;;;;;;/h1H3,(H,3,4);;;;;;;/q;;2*+1;;;2*-1. The van der Waals surface area contributed by atoms with Crippen molar-refractivity contribution in [3.63, 3.8) is 0 Å². The van der Waals surface area contributed by atoms with Gasteiger partial charge in [-0.1, -0.05) is 0 Å². The first-order valence-corrected chi connectivity index (χ1v) is 3.68. The van der Waals surface area contributed by atoms with Gasteiger partial charge in [-0.2, -0.15) is 0 Å². The summed E-state index contributed by atoms with van der Waals surface area (Å²) < 4.78 is 34.4. The maximum absolute atomic E-state index is 9.00. The first-order chi connectivity index (χ1) is 3.73. The van der Waals surface area contributed by atoms with Crippen LogP contribution in [-0.2, 0) is 26.0 Å². The summed E-state index contributed by atoms with van der Waals surface area (Å²) in [5.41, 5.74) is 0. The molecule has 0 saturated heterocycles. The molecule has 11 heavy (non-hydrogen) atoms. The first-order valence-electron chi connectivity index (χ1n) is 1.59. The third-order valence-corrected chi connectivity index (χ3v) is 0. The van der Waals surface area contributed by atoms with Crippen molar-refractivity contribution < 1.29 is 98.6 Å². The van der Waals surface area contributed by atoms with Gasteiger partial charge >= 0.3 is 88.7 Å². The SMILES string of the molecule is CC(=O)O.[Na+].[Na+].[O]=[Cr](=[O])([O-])[O-]. The zero-order valence-corrected chi connectivity index (χ0v) is 11.7. The van der Waals surface area contributed by atoms with E-state index in [1.54, 1.807) is 0 Å². The first kappa shape index (κ1) is 22.9. The van der Waals surface area contributed by atoms with E-state index in [1.165, 1.54) is 0 Å². The fourth-order valence-electron chi connectivity index (χ4n) is 0. The number of hydrogen-bond acceptors (Lipinski definition) is 5. The van der Waals surface area contributed by atoms with E-state index in [2.05, 4.69) is 0 Å². The second-order valence-corrected chi connectivity index (χ2v) is 2.20. The summed E-state index contributed by atoms with van der Waals surface area (Å²) in [5, 5.41) is 7.42. The number of hydrogen-bond donors (Lipinski definition) is 1. The Morgan fingerprint density at radius 2 is 1.27 bits per heavy atom. The molecular formula is C2H4CrNa2O6. The van der Waals surface area contributed by atoms with Crippen LogP contribution in [0, 0.1) is 0 Å². The maximum atomic E-state index is 9.00. The van der Waals surface area contributed by atoms with Gasteiger partial charge in [-0.15, -0.1) is 0 Å². The predicted octanol–water partition coefficient (Wildman–Crippen LogP) is -8.52. The Morgan fingerprint density at radius 3 is 1.27 bits per heavy atom. The van der Waals surface area contributed by atoms with Crippen LogP contribution in [-0.4, -0.2) is 11.1 Å². The number of carbonyl (C=O) groups is 1. The van der Waals surface area contributed by atoms with Crippen molar-refractivity contribution in [1.82, 2.24) is 0 Å². The summed E-state index contributed by atoms with van der Waals surface area (Å²) >= 11 is -5.75. The molecule has 1 N–H and O–H groups in total. The summed E-state index contributed by atoms with van der Waals surface area (Å²) in [6.07, 6.45) is 0. The van der Waals surface area contributed by atoms with Gasteiger partial charge in [0.05, 0.1) is 0 Å². The van der Waals surface area contributed by atoms with Crippen LogP contribution in [0.2, 0.25) is 0 Å². The molecule has 6 nitrogen and oxygen atoms in total. The molecule has 0 aromatic carbocycles. The van der Waals surface area contributed by atoms with Crippen molar-refractivity contribution in [3.05, 3.63) is 0 Å². The molecule has 9 heteroatoms. The van der Waals surface area contributed by atoms with E-state index in [0.717, 1.165) is 6.92 Å². The molecule has 56 valence electrons. The Bertz CT molecular complexity index is 161. The monoisotopic (exact) mass is 222 g/mol. The van der Waals surface area contributed by atoms with E-state index in [4.69, 9.17) is 25.8 Å². The second-order valence-electron chi connectivity index (χ2n) is 0.927. The molecule has 0 amide bonds. The van der Waals surface area contributed by atoms with Gasteiger partial charge in [-0.05, 0) is 0 Å². The average molecular weight is 222 g/mol. The van der Waals surface area contributed by atoms with E-state index in [-0.39, 0.29) is 59.1 Å². The van der Waals surface area contributed by atoms with Crippen LogP contribution >= 0.6 is 0 Å². The van der Waals surface area contributed by atoms with Crippen LogP contribution in [0.25, 0.3) is 0 Å². The Labute approximate surface area is 110 Å². The fourth-order valence-corrected chi connectivity index (χ4v) is 0. The van der Waals surface area contributed by atoms with Gasteiger partial charge in [0.25, 0.3) is 5.97 Å². The molecule has 0 bridgehead atoms. The topological polar surface area (TPSA) is 118 Å². The summed E-state index contributed by atoms with van der Waals surface area (Å²) in [7, 11) is 0. The number of carboxylic acid groups (broad SMARTS) is 1. The molecule has 0 spiro atoms. The molecule has 0 aliphatic rings. The van der Waals surface area contributed by atoms with Crippen LogP contribution in [0.1, 0.15) is 6.92 Å². The number of aliphatic carboxylic acids is 1. The van der Waals surface area contributed by atoms with E-state index in [0.29, 0.717) is 0 Å². The summed E-state index contributed by atoms with van der Waals surface area (Å²) in [6, 6.07) is 0. The van der Waals surface area contributed by atoms with Crippen LogP contribution < -0.4 is 67.4 Å². The van der Waals surface area contributed by atoms with Crippen molar-refractivity contribution in [2.45, 2.75) is 6.92 Å². The fraction of sp³-hybridized carbons (Fsp3) is 0.500. The molecule has 0 aliphatic heterocycles. The molecule has 0 rings (SSSR count). The van der Waals surface area contributed by atoms with Gasteiger partial charge in [0.1, 0.15) is 0 Å². The Kier molecular flexibility index (Phi) is 24.0. The third-order valence-electron chi connectivity index (χ3n) is 0. The molecule has 0 aliphatic carbocycles. The van der Waals surface area contributed by atoms with Gasteiger partial charge in [0, 0.05) is 6.92 Å². The second kappa shape index (κ2) is 11.5.